The van der Waals surface area contributed by atoms with Gasteiger partial charge in [0.1, 0.15) is 0 Å². The van der Waals surface area contributed by atoms with Gasteiger partial charge in [-0.15, -0.1) is 0 Å². The molecule has 0 bridgehead atoms. The van der Waals surface area contributed by atoms with Gasteiger partial charge in [0, 0.05) is 5.70 Å². The van der Waals surface area contributed by atoms with E-state index >= 15 is 0 Å². The first kappa shape index (κ1) is 11.9. The van der Waals surface area contributed by atoms with Gasteiger partial charge in [-0.25, -0.2) is 0 Å². The second-order valence-corrected chi connectivity index (χ2v) is 4.17. The SMILES string of the molecule is C=C/C=C\C=C(\CC(C)(C)C)N=C. The Balaban J connectivity index is 4.34. The molecule has 13 heavy (non-hydrogen) atoms. The maximum absolute atomic E-state index is 3.97. The fraction of sp³-hybridized carbons (Fsp3) is 0.417. The van der Waals surface area contributed by atoms with Crippen molar-refractivity contribution in [3.63, 3.8) is 0 Å². The highest BCUT2D eigenvalue weighted by Gasteiger charge is 2.11. The fourth-order valence-corrected chi connectivity index (χ4v) is 0.956. The molecule has 1 heteroatoms. The van der Waals surface area contributed by atoms with Crippen LogP contribution in [-0.4, -0.2) is 6.72 Å². The zero-order chi connectivity index (χ0) is 10.3. The van der Waals surface area contributed by atoms with Crippen molar-refractivity contribution in [2.45, 2.75) is 27.2 Å². The van der Waals surface area contributed by atoms with Gasteiger partial charge in [-0.2, -0.15) is 0 Å². The maximum atomic E-state index is 3.97. The first-order valence-electron chi connectivity index (χ1n) is 4.44. The molecule has 1 nitrogen and oxygen atoms in total. The van der Waals surface area contributed by atoms with E-state index in [1.54, 1.807) is 6.08 Å². The summed E-state index contributed by atoms with van der Waals surface area (Å²) in [4.78, 5) is 3.97. The summed E-state index contributed by atoms with van der Waals surface area (Å²) < 4.78 is 0. The molecule has 0 aliphatic carbocycles. The first-order chi connectivity index (χ1) is 5.99. The van der Waals surface area contributed by atoms with Crippen LogP contribution in [0.4, 0.5) is 0 Å². The van der Waals surface area contributed by atoms with E-state index in [9.17, 15) is 0 Å². The van der Waals surface area contributed by atoms with Gasteiger partial charge in [0.15, 0.2) is 0 Å². The topological polar surface area (TPSA) is 12.4 Å². The van der Waals surface area contributed by atoms with Crippen LogP contribution in [0.1, 0.15) is 27.2 Å². The summed E-state index contributed by atoms with van der Waals surface area (Å²) >= 11 is 0. The van der Waals surface area contributed by atoms with Crippen LogP contribution in [0.15, 0.2) is 41.6 Å². The molecule has 0 saturated carbocycles. The van der Waals surface area contributed by atoms with Crippen LogP contribution < -0.4 is 0 Å². The lowest BCUT2D eigenvalue weighted by Crippen LogP contribution is -2.05. The molecule has 0 rings (SSSR count). The third-order valence-corrected chi connectivity index (χ3v) is 1.45. The Morgan fingerprint density at radius 3 is 2.31 bits per heavy atom. The molecule has 0 atom stereocenters. The van der Waals surface area contributed by atoms with Crippen molar-refractivity contribution in [1.82, 2.24) is 0 Å². The average molecular weight is 177 g/mol. The van der Waals surface area contributed by atoms with Crippen molar-refractivity contribution in [2.24, 2.45) is 10.4 Å². The van der Waals surface area contributed by atoms with Crippen molar-refractivity contribution in [3.05, 3.63) is 36.6 Å². The number of allylic oxidation sites excluding steroid dienone is 5. The normalized spacial score (nSPS) is 13.3. The summed E-state index contributed by atoms with van der Waals surface area (Å²) in [6.45, 7) is 13.7. The summed E-state index contributed by atoms with van der Waals surface area (Å²) in [6.07, 6.45) is 8.48. The lowest BCUT2D eigenvalue weighted by molar-refractivity contribution is 0.408. The second-order valence-electron chi connectivity index (χ2n) is 4.17. The summed E-state index contributed by atoms with van der Waals surface area (Å²) in [5.74, 6) is 0. The van der Waals surface area contributed by atoms with E-state index < -0.39 is 0 Å². The highest BCUT2D eigenvalue weighted by Crippen LogP contribution is 2.24. The Labute approximate surface area is 81.6 Å². The smallest absolute Gasteiger partial charge is 0.0401 e. The van der Waals surface area contributed by atoms with Crippen LogP contribution in [-0.2, 0) is 0 Å². The van der Waals surface area contributed by atoms with E-state index in [0.717, 1.165) is 12.1 Å². The third-order valence-electron chi connectivity index (χ3n) is 1.45. The van der Waals surface area contributed by atoms with E-state index in [1.807, 2.05) is 18.2 Å². The third kappa shape index (κ3) is 7.26. The summed E-state index contributed by atoms with van der Waals surface area (Å²) in [6, 6.07) is 0. The van der Waals surface area contributed by atoms with Gasteiger partial charge in [0.25, 0.3) is 0 Å². The van der Waals surface area contributed by atoms with E-state index in [2.05, 4.69) is 39.1 Å². The van der Waals surface area contributed by atoms with E-state index in [0.29, 0.717) is 0 Å². The first-order valence-corrected chi connectivity index (χ1v) is 4.44. The van der Waals surface area contributed by atoms with E-state index in [-0.39, 0.29) is 5.41 Å². The quantitative estimate of drug-likeness (QED) is 0.458. The molecule has 0 unspecified atom stereocenters. The highest BCUT2D eigenvalue weighted by atomic mass is 14.7. The molecule has 0 aromatic carbocycles. The van der Waals surface area contributed by atoms with Crippen LogP contribution >= 0.6 is 0 Å². The molecule has 0 radical (unpaired) electrons. The molecular formula is C12H19N. The summed E-state index contributed by atoms with van der Waals surface area (Å²) in [5, 5.41) is 0. The molecule has 72 valence electrons. The Bertz CT molecular complexity index is 226. The van der Waals surface area contributed by atoms with Crippen LogP contribution in [0.3, 0.4) is 0 Å². The molecule has 0 aromatic rings. The van der Waals surface area contributed by atoms with Gasteiger partial charge >= 0.3 is 0 Å². The Morgan fingerprint density at radius 2 is 1.92 bits per heavy atom. The zero-order valence-corrected chi connectivity index (χ0v) is 8.88. The number of aliphatic imine (C=N–C) groups is 1. The van der Waals surface area contributed by atoms with Crippen LogP contribution in [0.5, 0.6) is 0 Å². The van der Waals surface area contributed by atoms with Crippen molar-refractivity contribution in [3.8, 4) is 0 Å². The number of rotatable bonds is 4. The van der Waals surface area contributed by atoms with Crippen LogP contribution in [0.25, 0.3) is 0 Å². The van der Waals surface area contributed by atoms with Gasteiger partial charge in [-0.05, 0) is 24.6 Å². The van der Waals surface area contributed by atoms with E-state index in [1.165, 1.54) is 0 Å². The van der Waals surface area contributed by atoms with Gasteiger partial charge in [0.05, 0.1) is 0 Å². The molecule has 0 aliphatic heterocycles. The molecule has 0 amide bonds. The van der Waals surface area contributed by atoms with Crippen molar-refractivity contribution < 1.29 is 0 Å². The van der Waals surface area contributed by atoms with Gasteiger partial charge < -0.3 is 0 Å². The van der Waals surface area contributed by atoms with Gasteiger partial charge in [0.2, 0.25) is 0 Å². The molecule has 0 spiro atoms. The molecule has 0 saturated heterocycles. The Hall–Kier alpha value is -1.11. The fourth-order valence-electron chi connectivity index (χ4n) is 0.956. The maximum Gasteiger partial charge on any atom is 0.0401 e. The van der Waals surface area contributed by atoms with Gasteiger partial charge in [-0.3, -0.25) is 4.99 Å². The van der Waals surface area contributed by atoms with Gasteiger partial charge in [-0.1, -0.05) is 45.6 Å². The minimum absolute atomic E-state index is 0.259. The zero-order valence-electron chi connectivity index (χ0n) is 8.88. The monoisotopic (exact) mass is 177 g/mol. The molecule has 0 heterocycles. The van der Waals surface area contributed by atoms with E-state index in [4.69, 9.17) is 0 Å². The molecular weight excluding hydrogens is 158 g/mol. The number of hydrogen-bond acceptors (Lipinski definition) is 1. The minimum atomic E-state index is 0.259. The number of hydrogen-bond donors (Lipinski definition) is 0. The Kier molecular flexibility index (Phi) is 5.05. The van der Waals surface area contributed by atoms with Crippen molar-refractivity contribution in [2.75, 3.05) is 0 Å². The molecule has 0 aromatic heterocycles. The Morgan fingerprint density at radius 1 is 1.31 bits per heavy atom. The molecule has 0 N–H and O–H groups in total. The predicted molar refractivity (Wildman–Crippen MR) is 61.0 cm³/mol. The van der Waals surface area contributed by atoms with Crippen LogP contribution in [0.2, 0.25) is 0 Å². The largest absolute Gasteiger partial charge is 0.269 e. The average Bonchev–Trinajstić information content (AvgIpc) is 2.01. The lowest BCUT2D eigenvalue weighted by atomic mass is 9.90. The molecule has 0 fully saturated rings. The predicted octanol–water partition coefficient (Wildman–Crippen LogP) is 3.75. The van der Waals surface area contributed by atoms with Crippen molar-refractivity contribution in [1.29, 1.82) is 0 Å². The summed E-state index contributed by atoms with van der Waals surface area (Å²) in [7, 11) is 0. The van der Waals surface area contributed by atoms with Crippen molar-refractivity contribution >= 4 is 6.72 Å². The number of nitrogens with zero attached hydrogens (tertiary/aromatic N) is 1. The minimum Gasteiger partial charge on any atom is -0.269 e. The highest BCUT2D eigenvalue weighted by molar-refractivity contribution is 5.30. The lowest BCUT2D eigenvalue weighted by Gasteiger charge is -2.17. The second kappa shape index (κ2) is 5.52. The molecule has 0 aliphatic rings. The summed E-state index contributed by atoms with van der Waals surface area (Å²) in [5.41, 5.74) is 1.28. The van der Waals surface area contributed by atoms with Crippen LogP contribution in [0, 0.1) is 5.41 Å². The standard InChI is InChI=1S/C12H19N/c1-6-7-8-9-11(13-5)10-12(2,3)4/h6-9H,1,5,10H2,2-4H3/b8-7-,11-9-.